The fourth-order valence-corrected chi connectivity index (χ4v) is 1.65. The summed E-state index contributed by atoms with van der Waals surface area (Å²) in [5.74, 6) is 0.822. The molecular weight excluding hydrogens is 216 g/mol. The average molecular weight is 234 g/mol. The van der Waals surface area contributed by atoms with Gasteiger partial charge in [0, 0.05) is 6.54 Å². The number of hydrogen-bond acceptors (Lipinski definition) is 3. The molecule has 0 spiro atoms. The molecule has 0 heterocycles. The van der Waals surface area contributed by atoms with Crippen molar-refractivity contribution in [2.75, 3.05) is 13.7 Å². The van der Waals surface area contributed by atoms with Crippen molar-refractivity contribution in [1.82, 2.24) is 5.32 Å². The second-order valence-corrected chi connectivity index (χ2v) is 4.51. The summed E-state index contributed by atoms with van der Waals surface area (Å²) >= 11 is 0. The van der Waals surface area contributed by atoms with Crippen LogP contribution in [0.2, 0.25) is 0 Å². The van der Waals surface area contributed by atoms with Crippen LogP contribution >= 0.6 is 0 Å². The highest BCUT2D eigenvalue weighted by Gasteiger charge is 2.45. The minimum absolute atomic E-state index is 0.0222. The molecule has 0 aromatic heterocycles. The van der Waals surface area contributed by atoms with E-state index in [1.54, 1.807) is 7.11 Å². The quantitative estimate of drug-likeness (QED) is 0.793. The third-order valence-electron chi connectivity index (χ3n) is 3.10. The highest BCUT2D eigenvalue weighted by molar-refractivity contribution is 5.88. The summed E-state index contributed by atoms with van der Waals surface area (Å²) < 4.78 is 5.08. The topological polar surface area (TPSA) is 64.3 Å². The van der Waals surface area contributed by atoms with Gasteiger partial charge in [-0.05, 0) is 37.0 Å². The summed E-state index contributed by atoms with van der Waals surface area (Å²) in [4.78, 5) is 11.6. The number of amides is 1. The predicted octanol–water partition coefficient (Wildman–Crippen LogP) is 0.845. The van der Waals surface area contributed by atoms with Gasteiger partial charge >= 0.3 is 0 Å². The van der Waals surface area contributed by atoms with Crippen LogP contribution in [0.15, 0.2) is 24.3 Å². The molecule has 17 heavy (non-hydrogen) atoms. The van der Waals surface area contributed by atoms with E-state index >= 15 is 0 Å². The molecule has 0 saturated heterocycles. The van der Waals surface area contributed by atoms with Crippen molar-refractivity contribution in [2.45, 2.75) is 24.8 Å². The molecular formula is C13H18N2O2. The number of nitrogens with two attached hydrogens (primary N) is 1. The van der Waals surface area contributed by atoms with Gasteiger partial charge in [0.1, 0.15) is 5.75 Å². The number of hydrogen-bond donors (Lipinski definition) is 2. The van der Waals surface area contributed by atoms with Gasteiger partial charge in [-0.2, -0.15) is 0 Å². The molecule has 0 unspecified atom stereocenters. The summed E-state index contributed by atoms with van der Waals surface area (Å²) in [6.45, 7) is 0.629. The zero-order chi connectivity index (χ0) is 12.3. The normalized spacial score (nSPS) is 16.4. The van der Waals surface area contributed by atoms with Gasteiger partial charge in [-0.1, -0.05) is 12.1 Å². The lowest BCUT2D eigenvalue weighted by Crippen LogP contribution is -2.43. The summed E-state index contributed by atoms with van der Waals surface area (Å²) in [7, 11) is 1.64. The largest absolute Gasteiger partial charge is 0.497 e. The Morgan fingerprint density at radius 2 is 2.06 bits per heavy atom. The summed E-state index contributed by atoms with van der Waals surface area (Å²) in [5.41, 5.74) is 6.38. The van der Waals surface area contributed by atoms with E-state index in [4.69, 9.17) is 10.5 Å². The first-order valence-corrected chi connectivity index (χ1v) is 5.84. The third-order valence-corrected chi connectivity index (χ3v) is 3.10. The first-order valence-electron chi connectivity index (χ1n) is 5.84. The predicted molar refractivity (Wildman–Crippen MR) is 65.9 cm³/mol. The number of benzene rings is 1. The standard InChI is InChI=1S/C13H18N2O2/c1-17-11-4-2-10(3-5-11)6-9-15-12(16)13(14)7-8-13/h2-5H,6-9,14H2,1H3,(H,15,16). The molecule has 2 rings (SSSR count). The highest BCUT2D eigenvalue weighted by Crippen LogP contribution is 2.31. The van der Waals surface area contributed by atoms with Crippen LogP contribution in [-0.2, 0) is 11.2 Å². The zero-order valence-corrected chi connectivity index (χ0v) is 10.0. The molecule has 92 valence electrons. The van der Waals surface area contributed by atoms with E-state index in [1.807, 2.05) is 24.3 Å². The van der Waals surface area contributed by atoms with Crippen molar-refractivity contribution in [3.05, 3.63) is 29.8 Å². The molecule has 1 aliphatic carbocycles. The van der Waals surface area contributed by atoms with Gasteiger partial charge in [0.05, 0.1) is 12.6 Å². The van der Waals surface area contributed by atoms with Gasteiger partial charge in [0.2, 0.25) is 5.91 Å². The molecule has 0 atom stereocenters. The van der Waals surface area contributed by atoms with E-state index in [0.29, 0.717) is 6.54 Å². The Labute approximate surface area is 101 Å². The van der Waals surface area contributed by atoms with Crippen molar-refractivity contribution in [1.29, 1.82) is 0 Å². The maximum Gasteiger partial charge on any atom is 0.240 e. The summed E-state index contributed by atoms with van der Waals surface area (Å²) in [6, 6.07) is 7.84. The Balaban J connectivity index is 1.76. The van der Waals surface area contributed by atoms with E-state index in [1.165, 1.54) is 5.56 Å². The highest BCUT2D eigenvalue weighted by atomic mass is 16.5. The van der Waals surface area contributed by atoms with Crippen LogP contribution in [0.1, 0.15) is 18.4 Å². The first kappa shape index (κ1) is 11.9. The summed E-state index contributed by atoms with van der Waals surface area (Å²) in [5, 5.41) is 2.87. The van der Waals surface area contributed by atoms with Gasteiger partial charge < -0.3 is 15.8 Å². The molecule has 1 amide bonds. The number of methoxy groups -OCH3 is 1. The number of carbonyl (C=O) groups is 1. The average Bonchev–Trinajstić information content (AvgIpc) is 3.09. The lowest BCUT2D eigenvalue weighted by atomic mass is 10.1. The van der Waals surface area contributed by atoms with Crippen LogP contribution in [0.5, 0.6) is 5.75 Å². The molecule has 4 heteroatoms. The Morgan fingerprint density at radius 1 is 1.41 bits per heavy atom. The Kier molecular flexibility index (Phi) is 3.33. The fourth-order valence-electron chi connectivity index (χ4n) is 1.65. The Hall–Kier alpha value is -1.55. The molecule has 1 aliphatic rings. The van der Waals surface area contributed by atoms with Gasteiger partial charge in [0.15, 0.2) is 0 Å². The SMILES string of the molecule is COc1ccc(CCNC(=O)C2(N)CC2)cc1. The monoisotopic (exact) mass is 234 g/mol. The minimum Gasteiger partial charge on any atom is -0.497 e. The lowest BCUT2D eigenvalue weighted by molar-refractivity contribution is -0.123. The van der Waals surface area contributed by atoms with Crippen LogP contribution < -0.4 is 15.8 Å². The smallest absolute Gasteiger partial charge is 0.240 e. The second-order valence-electron chi connectivity index (χ2n) is 4.51. The van der Waals surface area contributed by atoms with Gasteiger partial charge in [-0.3, -0.25) is 4.79 Å². The Bertz CT molecular complexity index is 396. The van der Waals surface area contributed by atoms with E-state index in [0.717, 1.165) is 25.0 Å². The molecule has 1 fully saturated rings. The number of carbonyl (C=O) groups excluding carboxylic acids is 1. The van der Waals surface area contributed by atoms with Gasteiger partial charge in [-0.25, -0.2) is 0 Å². The fraction of sp³-hybridized carbons (Fsp3) is 0.462. The summed E-state index contributed by atoms with van der Waals surface area (Å²) in [6.07, 6.45) is 2.43. The van der Waals surface area contributed by atoms with Gasteiger partial charge in [0.25, 0.3) is 0 Å². The van der Waals surface area contributed by atoms with Crippen molar-refractivity contribution < 1.29 is 9.53 Å². The second kappa shape index (κ2) is 4.75. The van der Waals surface area contributed by atoms with Crippen molar-refractivity contribution >= 4 is 5.91 Å². The van der Waals surface area contributed by atoms with E-state index < -0.39 is 5.54 Å². The number of nitrogens with one attached hydrogen (secondary N) is 1. The van der Waals surface area contributed by atoms with Crippen LogP contribution in [-0.4, -0.2) is 25.1 Å². The Morgan fingerprint density at radius 3 is 2.59 bits per heavy atom. The lowest BCUT2D eigenvalue weighted by Gasteiger charge is -2.10. The molecule has 1 aromatic rings. The first-order chi connectivity index (χ1) is 8.14. The van der Waals surface area contributed by atoms with Crippen molar-refractivity contribution in [3.8, 4) is 5.75 Å². The van der Waals surface area contributed by atoms with Crippen LogP contribution in [0, 0.1) is 0 Å². The van der Waals surface area contributed by atoms with Crippen molar-refractivity contribution in [2.24, 2.45) is 5.73 Å². The molecule has 3 N–H and O–H groups in total. The van der Waals surface area contributed by atoms with Crippen LogP contribution in [0.4, 0.5) is 0 Å². The maximum absolute atomic E-state index is 11.6. The van der Waals surface area contributed by atoms with Crippen LogP contribution in [0.25, 0.3) is 0 Å². The van der Waals surface area contributed by atoms with E-state index in [-0.39, 0.29) is 5.91 Å². The number of rotatable bonds is 5. The molecule has 0 radical (unpaired) electrons. The third kappa shape index (κ3) is 2.97. The minimum atomic E-state index is -0.570. The molecule has 1 aromatic carbocycles. The van der Waals surface area contributed by atoms with Crippen molar-refractivity contribution in [3.63, 3.8) is 0 Å². The van der Waals surface area contributed by atoms with E-state index in [9.17, 15) is 4.79 Å². The zero-order valence-electron chi connectivity index (χ0n) is 10.0. The number of ether oxygens (including phenoxy) is 1. The van der Waals surface area contributed by atoms with E-state index in [2.05, 4.69) is 5.32 Å². The van der Waals surface area contributed by atoms with Crippen LogP contribution in [0.3, 0.4) is 0 Å². The maximum atomic E-state index is 11.6. The molecule has 0 aliphatic heterocycles. The molecule has 4 nitrogen and oxygen atoms in total. The molecule has 1 saturated carbocycles. The molecule has 0 bridgehead atoms. The van der Waals surface area contributed by atoms with Gasteiger partial charge in [-0.15, -0.1) is 0 Å².